The molecule has 21 heavy (non-hydrogen) atoms. The van der Waals surface area contributed by atoms with E-state index in [0.29, 0.717) is 18.5 Å². The van der Waals surface area contributed by atoms with E-state index in [9.17, 15) is 0 Å². The SMILES string of the molecule is CNc1cc(OCCC2CCCN2C)nc(C(C)(C)C)n1. The van der Waals surface area contributed by atoms with Gasteiger partial charge in [-0.2, -0.15) is 4.98 Å². The lowest BCUT2D eigenvalue weighted by Gasteiger charge is -2.20. The van der Waals surface area contributed by atoms with Crippen molar-refractivity contribution >= 4 is 5.82 Å². The molecule has 2 heterocycles. The van der Waals surface area contributed by atoms with E-state index >= 15 is 0 Å². The Kier molecular flexibility index (Phi) is 5.04. The van der Waals surface area contributed by atoms with Crippen molar-refractivity contribution in [2.75, 3.05) is 32.6 Å². The lowest BCUT2D eigenvalue weighted by atomic mass is 9.96. The van der Waals surface area contributed by atoms with Crippen LogP contribution in [-0.4, -0.2) is 48.2 Å². The minimum absolute atomic E-state index is 0.0867. The van der Waals surface area contributed by atoms with Gasteiger partial charge >= 0.3 is 0 Å². The molecule has 1 aliphatic rings. The maximum Gasteiger partial charge on any atom is 0.218 e. The van der Waals surface area contributed by atoms with Crippen molar-refractivity contribution in [3.63, 3.8) is 0 Å². The van der Waals surface area contributed by atoms with E-state index in [2.05, 4.69) is 48.0 Å². The van der Waals surface area contributed by atoms with Crippen molar-refractivity contribution < 1.29 is 4.74 Å². The summed E-state index contributed by atoms with van der Waals surface area (Å²) in [4.78, 5) is 11.5. The second-order valence-corrected chi connectivity index (χ2v) is 6.83. The Morgan fingerprint density at radius 3 is 2.71 bits per heavy atom. The van der Waals surface area contributed by atoms with E-state index in [1.54, 1.807) is 0 Å². The van der Waals surface area contributed by atoms with Crippen molar-refractivity contribution in [3.05, 3.63) is 11.9 Å². The zero-order chi connectivity index (χ0) is 15.5. The van der Waals surface area contributed by atoms with Crippen LogP contribution in [0.15, 0.2) is 6.07 Å². The predicted molar refractivity (Wildman–Crippen MR) is 86.0 cm³/mol. The van der Waals surface area contributed by atoms with Gasteiger partial charge in [0, 0.05) is 24.6 Å². The molecule has 1 atom stereocenters. The molecule has 2 rings (SSSR count). The number of nitrogens with zero attached hydrogens (tertiary/aromatic N) is 3. The summed E-state index contributed by atoms with van der Waals surface area (Å²) in [6.07, 6.45) is 3.63. The van der Waals surface area contributed by atoms with Crippen molar-refractivity contribution in [2.45, 2.75) is 51.5 Å². The van der Waals surface area contributed by atoms with E-state index in [1.165, 1.54) is 19.4 Å². The summed E-state index contributed by atoms with van der Waals surface area (Å²) in [7, 11) is 4.06. The molecule has 1 saturated heterocycles. The molecule has 0 bridgehead atoms. The highest BCUT2D eigenvalue weighted by Crippen LogP contribution is 2.24. The highest BCUT2D eigenvalue weighted by atomic mass is 16.5. The molecule has 0 radical (unpaired) electrons. The molecule has 1 fully saturated rings. The average molecular weight is 292 g/mol. The molecule has 1 unspecified atom stereocenters. The van der Waals surface area contributed by atoms with Crippen LogP contribution in [0.5, 0.6) is 5.88 Å². The third kappa shape index (κ3) is 4.30. The maximum absolute atomic E-state index is 5.88. The van der Waals surface area contributed by atoms with Gasteiger partial charge in [-0.1, -0.05) is 20.8 Å². The van der Waals surface area contributed by atoms with Crippen LogP contribution >= 0.6 is 0 Å². The highest BCUT2D eigenvalue weighted by Gasteiger charge is 2.21. The van der Waals surface area contributed by atoms with Crippen LogP contribution in [0.3, 0.4) is 0 Å². The van der Waals surface area contributed by atoms with Crippen molar-refractivity contribution in [3.8, 4) is 5.88 Å². The second-order valence-electron chi connectivity index (χ2n) is 6.83. The van der Waals surface area contributed by atoms with Crippen LogP contribution in [0.2, 0.25) is 0 Å². The van der Waals surface area contributed by atoms with Crippen molar-refractivity contribution in [1.29, 1.82) is 0 Å². The Morgan fingerprint density at radius 1 is 1.38 bits per heavy atom. The molecular weight excluding hydrogens is 264 g/mol. The number of hydrogen-bond acceptors (Lipinski definition) is 5. The number of ether oxygens (including phenoxy) is 1. The van der Waals surface area contributed by atoms with Crippen LogP contribution < -0.4 is 10.1 Å². The number of likely N-dealkylation sites (tertiary alicyclic amines) is 1. The first-order valence-corrected chi connectivity index (χ1v) is 7.80. The minimum atomic E-state index is -0.0867. The third-order valence-corrected chi connectivity index (χ3v) is 4.00. The summed E-state index contributed by atoms with van der Waals surface area (Å²) in [6.45, 7) is 8.24. The Morgan fingerprint density at radius 2 is 2.14 bits per heavy atom. The first kappa shape index (κ1) is 16.0. The first-order chi connectivity index (χ1) is 9.90. The minimum Gasteiger partial charge on any atom is -0.477 e. The topological polar surface area (TPSA) is 50.3 Å². The van der Waals surface area contributed by atoms with Gasteiger partial charge in [0.15, 0.2) is 0 Å². The van der Waals surface area contributed by atoms with Gasteiger partial charge in [0.05, 0.1) is 6.61 Å². The fourth-order valence-corrected chi connectivity index (χ4v) is 2.61. The zero-order valence-electron chi connectivity index (χ0n) is 13.9. The van der Waals surface area contributed by atoms with Crippen molar-refractivity contribution in [1.82, 2.24) is 14.9 Å². The van der Waals surface area contributed by atoms with Gasteiger partial charge < -0.3 is 15.0 Å². The van der Waals surface area contributed by atoms with Crippen LogP contribution in [0.1, 0.15) is 45.9 Å². The summed E-state index contributed by atoms with van der Waals surface area (Å²) < 4.78 is 5.88. The molecule has 1 N–H and O–H groups in total. The second kappa shape index (κ2) is 6.60. The fraction of sp³-hybridized carbons (Fsp3) is 0.750. The van der Waals surface area contributed by atoms with Gasteiger partial charge in [-0.05, 0) is 32.9 Å². The molecule has 5 heteroatoms. The summed E-state index contributed by atoms with van der Waals surface area (Å²) in [5.74, 6) is 2.28. The molecule has 0 saturated carbocycles. The first-order valence-electron chi connectivity index (χ1n) is 7.80. The average Bonchev–Trinajstić information content (AvgIpc) is 2.83. The molecular formula is C16H28N4O. The molecule has 5 nitrogen and oxygen atoms in total. The molecule has 0 aliphatic carbocycles. The summed E-state index contributed by atoms with van der Waals surface area (Å²) in [6, 6.07) is 2.52. The monoisotopic (exact) mass is 292 g/mol. The van der Waals surface area contributed by atoms with E-state index < -0.39 is 0 Å². The molecule has 1 aliphatic heterocycles. The van der Waals surface area contributed by atoms with Crippen molar-refractivity contribution in [2.24, 2.45) is 0 Å². The number of anilines is 1. The van der Waals surface area contributed by atoms with Crippen LogP contribution in [0, 0.1) is 0 Å². The fourth-order valence-electron chi connectivity index (χ4n) is 2.61. The number of nitrogens with one attached hydrogen (secondary N) is 1. The van der Waals surface area contributed by atoms with Gasteiger partial charge in [-0.25, -0.2) is 4.98 Å². The number of aromatic nitrogens is 2. The summed E-state index contributed by atoms with van der Waals surface area (Å²) in [5, 5.41) is 3.08. The Labute approximate surface area is 128 Å². The maximum atomic E-state index is 5.88. The molecule has 0 spiro atoms. The Balaban J connectivity index is 1.98. The van der Waals surface area contributed by atoms with Gasteiger partial charge in [-0.15, -0.1) is 0 Å². The molecule has 118 valence electrons. The molecule has 1 aromatic rings. The van der Waals surface area contributed by atoms with Gasteiger partial charge in [0.2, 0.25) is 5.88 Å². The normalized spacial score (nSPS) is 19.8. The highest BCUT2D eigenvalue weighted by molar-refractivity contribution is 5.38. The quantitative estimate of drug-likeness (QED) is 0.904. The lowest BCUT2D eigenvalue weighted by molar-refractivity contribution is 0.227. The van der Waals surface area contributed by atoms with Gasteiger partial charge in [0.1, 0.15) is 11.6 Å². The molecule has 0 amide bonds. The lowest BCUT2D eigenvalue weighted by Crippen LogP contribution is -2.26. The predicted octanol–water partition coefficient (Wildman–Crippen LogP) is 2.68. The molecule has 0 aromatic carbocycles. The van der Waals surface area contributed by atoms with E-state index in [1.807, 2.05) is 13.1 Å². The summed E-state index contributed by atoms with van der Waals surface area (Å²) >= 11 is 0. The largest absolute Gasteiger partial charge is 0.477 e. The standard InChI is InChI=1S/C16H28N4O/c1-16(2,3)15-18-13(17-4)11-14(19-15)21-10-8-12-7-6-9-20(12)5/h11-12H,6-10H2,1-5H3,(H,17,18,19). The van der Waals surface area contributed by atoms with E-state index in [-0.39, 0.29) is 5.41 Å². The summed E-state index contributed by atoms with van der Waals surface area (Å²) in [5.41, 5.74) is -0.0867. The van der Waals surface area contributed by atoms with E-state index in [0.717, 1.165) is 18.1 Å². The van der Waals surface area contributed by atoms with Gasteiger partial charge in [0.25, 0.3) is 0 Å². The Hall–Kier alpha value is -1.36. The smallest absolute Gasteiger partial charge is 0.218 e. The number of rotatable bonds is 5. The Bertz CT molecular complexity index is 470. The van der Waals surface area contributed by atoms with Gasteiger partial charge in [-0.3, -0.25) is 0 Å². The number of hydrogen-bond donors (Lipinski definition) is 1. The van der Waals surface area contributed by atoms with Crippen LogP contribution in [0.25, 0.3) is 0 Å². The van der Waals surface area contributed by atoms with Crippen LogP contribution in [0.4, 0.5) is 5.82 Å². The zero-order valence-corrected chi connectivity index (χ0v) is 13.9. The van der Waals surface area contributed by atoms with E-state index in [4.69, 9.17) is 4.74 Å². The third-order valence-electron chi connectivity index (χ3n) is 4.00. The van der Waals surface area contributed by atoms with Crippen LogP contribution in [-0.2, 0) is 5.41 Å². The molecule has 1 aromatic heterocycles.